The van der Waals surface area contributed by atoms with Crippen LogP contribution in [0.1, 0.15) is 37.0 Å². The van der Waals surface area contributed by atoms with Crippen LogP contribution in [-0.4, -0.2) is 18.4 Å². The van der Waals surface area contributed by atoms with E-state index in [0.29, 0.717) is 18.0 Å². The number of amides is 2. The van der Waals surface area contributed by atoms with Gasteiger partial charge in [0.2, 0.25) is 11.8 Å². The zero-order valence-electron chi connectivity index (χ0n) is 16.8. The third kappa shape index (κ3) is 6.44. The van der Waals surface area contributed by atoms with Gasteiger partial charge in [0, 0.05) is 23.5 Å². The maximum atomic E-state index is 12.2. The number of carbonyl (C=O) groups excluding carboxylic acids is 2. The highest BCUT2D eigenvalue weighted by Gasteiger charge is 2.08. The summed E-state index contributed by atoms with van der Waals surface area (Å²) < 4.78 is 0. The predicted molar refractivity (Wildman–Crippen MR) is 112 cm³/mol. The lowest BCUT2D eigenvalue weighted by atomic mass is 10.1. The molecule has 2 aromatic carbocycles. The minimum absolute atomic E-state index is 0.00479. The fourth-order valence-corrected chi connectivity index (χ4v) is 3.05. The quantitative estimate of drug-likeness (QED) is 0.667. The van der Waals surface area contributed by atoms with E-state index < -0.39 is 0 Å². The van der Waals surface area contributed by atoms with Gasteiger partial charge in [-0.25, -0.2) is 0 Å². The van der Waals surface area contributed by atoms with E-state index >= 15 is 0 Å². The van der Waals surface area contributed by atoms with Gasteiger partial charge in [0.05, 0.1) is 6.54 Å². The van der Waals surface area contributed by atoms with E-state index in [1.54, 1.807) is 24.3 Å². The number of benzene rings is 2. The highest BCUT2D eigenvalue weighted by molar-refractivity contribution is 5.95. The van der Waals surface area contributed by atoms with E-state index in [9.17, 15) is 9.59 Å². The Labute approximate surface area is 161 Å². The van der Waals surface area contributed by atoms with Crippen LogP contribution in [0.3, 0.4) is 0 Å². The molecule has 5 nitrogen and oxygen atoms in total. The normalized spacial score (nSPS) is 10.6. The molecule has 0 saturated carbocycles. The number of hydrogen-bond acceptors (Lipinski definition) is 3. The Morgan fingerprint density at radius 2 is 1.33 bits per heavy atom. The monoisotopic (exact) mass is 367 g/mol. The molecular weight excluding hydrogens is 338 g/mol. The van der Waals surface area contributed by atoms with Crippen LogP contribution in [0.2, 0.25) is 0 Å². The molecule has 0 aliphatic rings. The molecule has 2 aromatic rings. The van der Waals surface area contributed by atoms with Gasteiger partial charge in [-0.05, 0) is 62.1 Å². The van der Waals surface area contributed by atoms with E-state index in [0.717, 1.165) is 22.5 Å². The standard InChI is InChI=1S/C22H29N3O2/c1-14(2)10-20(26)24-18-6-8-19(9-7-18)25-21(27)13-23-22-16(4)11-15(3)12-17(22)5/h6-9,11-12,14,23H,10,13H2,1-5H3,(H,24,26)(H,25,27). The number of rotatable bonds is 7. The largest absolute Gasteiger partial charge is 0.376 e. The summed E-state index contributed by atoms with van der Waals surface area (Å²) in [7, 11) is 0. The molecule has 5 heteroatoms. The second-order valence-corrected chi connectivity index (χ2v) is 7.40. The molecule has 3 N–H and O–H groups in total. The molecule has 0 radical (unpaired) electrons. The maximum Gasteiger partial charge on any atom is 0.243 e. The second kappa shape index (κ2) is 9.21. The molecule has 0 bridgehead atoms. The average Bonchev–Trinajstić information content (AvgIpc) is 2.55. The third-order valence-corrected chi connectivity index (χ3v) is 4.15. The lowest BCUT2D eigenvalue weighted by Crippen LogP contribution is -2.22. The van der Waals surface area contributed by atoms with Crippen LogP contribution in [0.15, 0.2) is 36.4 Å². The van der Waals surface area contributed by atoms with Crippen molar-refractivity contribution in [3.8, 4) is 0 Å². The van der Waals surface area contributed by atoms with E-state index in [-0.39, 0.29) is 18.4 Å². The van der Waals surface area contributed by atoms with Crippen molar-refractivity contribution in [2.45, 2.75) is 41.0 Å². The predicted octanol–water partition coefficient (Wildman–Crippen LogP) is 4.65. The van der Waals surface area contributed by atoms with E-state index in [2.05, 4.69) is 35.0 Å². The Morgan fingerprint density at radius 1 is 0.852 bits per heavy atom. The number of aryl methyl sites for hydroxylation is 3. The number of anilines is 3. The minimum atomic E-state index is -0.119. The van der Waals surface area contributed by atoms with Gasteiger partial charge in [0.25, 0.3) is 0 Å². The van der Waals surface area contributed by atoms with Gasteiger partial charge >= 0.3 is 0 Å². The zero-order chi connectivity index (χ0) is 20.0. The van der Waals surface area contributed by atoms with Crippen LogP contribution in [0.4, 0.5) is 17.1 Å². The van der Waals surface area contributed by atoms with Crippen molar-refractivity contribution in [2.75, 3.05) is 22.5 Å². The van der Waals surface area contributed by atoms with Gasteiger partial charge in [0.1, 0.15) is 0 Å². The summed E-state index contributed by atoms with van der Waals surface area (Å²) in [5.74, 6) is 0.192. The Bertz CT molecular complexity index is 788. The summed E-state index contributed by atoms with van der Waals surface area (Å²) in [5.41, 5.74) is 5.88. The van der Waals surface area contributed by atoms with E-state index in [4.69, 9.17) is 0 Å². The molecule has 0 aliphatic heterocycles. The average molecular weight is 367 g/mol. The topological polar surface area (TPSA) is 70.2 Å². The van der Waals surface area contributed by atoms with Crippen molar-refractivity contribution in [3.63, 3.8) is 0 Å². The van der Waals surface area contributed by atoms with Crippen molar-refractivity contribution in [3.05, 3.63) is 53.1 Å². The SMILES string of the molecule is Cc1cc(C)c(NCC(=O)Nc2ccc(NC(=O)CC(C)C)cc2)c(C)c1. The molecule has 0 aromatic heterocycles. The molecular formula is C22H29N3O2. The molecule has 0 heterocycles. The van der Waals surface area contributed by atoms with Gasteiger partial charge < -0.3 is 16.0 Å². The van der Waals surface area contributed by atoms with Gasteiger partial charge in [0.15, 0.2) is 0 Å². The van der Waals surface area contributed by atoms with Crippen LogP contribution in [0.5, 0.6) is 0 Å². The summed E-state index contributed by atoms with van der Waals surface area (Å²) in [6, 6.07) is 11.3. The van der Waals surface area contributed by atoms with Crippen LogP contribution in [0, 0.1) is 26.7 Å². The van der Waals surface area contributed by atoms with Gasteiger partial charge in [-0.2, -0.15) is 0 Å². The number of carbonyl (C=O) groups is 2. The highest BCUT2D eigenvalue weighted by Crippen LogP contribution is 2.21. The summed E-state index contributed by atoms with van der Waals surface area (Å²) in [6.07, 6.45) is 0.488. The van der Waals surface area contributed by atoms with Crippen molar-refractivity contribution in [1.29, 1.82) is 0 Å². The molecule has 2 rings (SSSR count). The van der Waals surface area contributed by atoms with Crippen molar-refractivity contribution in [1.82, 2.24) is 0 Å². The Hall–Kier alpha value is -2.82. The second-order valence-electron chi connectivity index (χ2n) is 7.40. The number of hydrogen-bond donors (Lipinski definition) is 3. The first kappa shape index (κ1) is 20.5. The molecule has 0 unspecified atom stereocenters. The lowest BCUT2D eigenvalue weighted by molar-refractivity contribution is -0.117. The summed E-state index contributed by atoms with van der Waals surface area (Å²) in [4.78, 5) is 24.0. The zero-order valence-corrected chi connectivity index (χ0v) is 16.8. The first-order valence-corrected chi connectivity index (χ1v) is 9.26. The fraction of sp³-hybridized carbons (Fsp3) is 0.364. The first-order valence-electron chi connectivity index (χ1n) is 9.26. The Kier molecular flexibility index (Phi) is 6.99. The first-order chi connectivity index (χ1) is 12.7. The fourth-order valence-electron chi connectivity index (χ4n) is 3.05. The summed E-state index contributed by atoms with van der Waals surface area (Å²) in [6.45, 7) is 10.3. The van der Waals surface area contributed by atoms with Gasteiger partial charge in [-0.3, -0.25) is 9.59 Å². The van der Waals surface area contributed by atoms with Crippen LogP contribution in [0.25, 0.3) is 0 Å². The van der Waals surface area contributed by atoms with Crippen LogP contribution < -0.4 is 16.0 Å². The molecule has 0 fully saturated rings. The van der Waals surface area contributed by atoms with Crippen molar-refractivity contribution >= 4 is 28.9 Å². The molecule has 0 aliphatic carbocycles. The highest BCUT2D eigenvalue weighted by atomic mass is 16.2. The summed E-state index contributed by atoms with van der Waals surface area (Å²) in [5, 5.41) is 8.93. The van der Waals surface area contributed by atoms with E-state index in [1.165, 1.54) is 5.56 Å². The summed E-state index contributed by atoms with van der Waals surface area (Å²) >= 11 is 0. The molecule has 0 atom stereocenters. The number of nitrogens with one attached hydrogen (secondary N) is 3. The van der Waals surface area contributed by atoms with E-state index in [1.807, 2.05) is 27.7 Å². The van der Waals surface area contributed by atoms with Gasteiger partial charge in [-0.1, -0.05) is 31.5 Å². The lowest BCUT2D eigenvalue weighted by Gasteiger charge is -2.14. The Balaban J connectivity index is 1.88. The van der Waals surface area contributed by atoms with Crippen molar-refractivity contribution < 1.29 is 9.59 Å². The molecule has 0 spiro atoms. The van der Waals surface area contributed by atoms with Gasteiger partial charge in [-0.15, -0.1) is 0 Å². The van der Waals surface area contributed by atoms with Crippen LogP contribution >= 0.6 is 0 Å². The molecule has 0 saturated heterocycles. The third-order valence-electron chi connectivity index (χ3n) is 4.15. The Morgan fingerprint density at radius 3 is 1.81 bits per heavy atom. The van der Waals surface area contributed by atoms with Crippen molar-refractivity contribution in [2.24, 2.45) is 5.92 Å². The molecule has 27 heavy (non-hydrogen) atoms. The smallest absolute Gasteiger partial charge is 0.243 e. The maximum absolute atomic E-state index is 12.2. The van der Waals surface area contributed by atoms with Crippen LogP contribution in [-0.2, 0) is 9.59 Å². The molecule has 144 valence electrons. The minimum Gasteiger partial charge on any atom is -0.376 e. The molecule has 2 amide bonds.